The highest BCUT2D eigenvalue weighted by Crippen LogP contribution is 2.28. The van der Waals surface area contributed by atoms with E-state index in [4.69, 9.17) is 14.6 Å². The van der Waals surface area contributed by atoms with Crippen LogP contribution in [0.3, 0.4) is 0 Å². The SMILES string of the molecule is COc1ccc(S(=O)(=O)Nc2cnc(N3CCC(N4CCCCC4)CC3)c(C(=O)O)c2)cc1.O=C(O)C(F)(F)F. The van der Waals surface area contributed by atoms with E-state index >= 15 is 0 Å². The van der Waals surface area contributed by atoms with Crippen LogP contribution in [0.4, 0.5) is 24.7 Å². The second-order valence-electron chi connectivity index (χ2n) is 9.30. The molecule has 1 aromatic heterocycles. The molecule has 15 heteroatoms. The lowest BCUT2D eigenvalue weighted by molar-refractivity contribution is -0.192. The number of nitrogens with one attached hydrogen (secondary N) is 1. The molecule has 2 aliphatic heterocycles. The molecule has 0 spiro atoms. The normalized spacial score (nSPS) is 16.9. The Kier molecular flexibility index (Phi) is 10.2. The van der Waals surface area contributed by atoms with Gasteiger partial charge in [-0.3, -0.25) is 4.72 Å². The number of alkyl halides is 3. The van der Waals surface area contributed by atoms with Gasteiger partial charge in [-0.1, -0.05) is 6.42 Å². The summed E-state index contributed by atoms with van der Waals surface area (Å²) in [6.07, 6.45) is 2.02. The van der Waals surface area contributed by atoms with Crippen molar-refractivity contribution in [3.05, 3.63) is 42.1 Å². The van der Waals surface area contributed by atoms with Crippen molar-refractivity contribution < 1.29 is 46.1 Å². The smallest absolute Gasteiger partial charge is 0.490 e. The zero-order valence-electron chi connectivity index (χ0n) is 21.7. The van der Waals surface area contributed by atoms with Crippen LogP contribution in [-0.2, 0) is 14.8 Å². The number of hydrogen-bond acceptors (Lipinski definition) is 8. The Labute approximate surface area is 229 Å². The zero-order chi connectivity index (χ0) is 29.5. The molecule has 3 heterocycles. The minimum Gasteiger partial charge on any atom is -0.497 e. The van der Waals surface area contributed by atoms with E-state index < -0.39 is 28.1 Å². The van der Waals surface area contributed by atoms with E-state index in [9.17, 15) is 31.5 Å². The summed E-state index contributed by atoms with van der Waals surface area (Å²) in [5, 5.41) is 16.9. The Morgan fingerprint density at radius 1 is 1.02 bits per heavy atom. The first-order valence-electron chi connectivity index (χ1n) is 12.5. The van der Waals surface area contributed by atoms with Gasteiger partial charge in [0.2, 0.25) is 0 Å². The van der Waals surface area contributed by atoms with Crippen molar-refractivity contribution in [1.29, 1.82) is 0 Å². The fraction of sp³-hybridized carbons (Fsp3) is 0.480. The summed E-state index contributed by atoms with van der Waals surface area (Å²) < 4.78 is 64.6. The van der Waals surface area contributed by atoms with Crippen LogP contribution in [0.1, 0.15) is 42.5 Å². The van der Waals surface area contributed by atoms with Crippen LogP contribution in [-0.4, -0.2) is 86.0 Å². The van der Waals surface area contributed by atoms with Gasteiger partial charge in [-0.05, 0) is 69.1 Å². The van der Waals surface area contributed by atoms with E-state index in [2.05, 4.69) is 14.6 Å². The van der Waals surface area contributed by atoms with Crippen LogP contribution in [0, 0.1) is 0 Å². The largest absolute Gasteiger partial charge is 0.497 e. The lowest BCUT2D eigenvalue weighted by Crippen LogP contribution is -2.47. The Bertz CT molecular complexity index is 1280. The van der Waals surface area contributed by atoms with Crippen molar-refractivity contribution >= 4 is 33.5 Å². The summed E-state index contributed by atoms with van der Waals surface area (Å²) in [6.45, 7) is 3.75. The fourth-order valence-electron chi connectivity index (χ4n) is 4.62. The van der Waals surface area contributed by atoms with Gasteiger partial charge < -0.3 is 24.7 Å². The van der Waals surface area contributed by atoms with Crippen LogP contribution in [0.25, 0.3) is 0 Å². The number of pyridine rings is 1. The number of methoxy groups -OCH3 is 1. The fourth-order valence-corrected chi connectivity index (χ4v) is 5.65. The van der Waals surface area contributed by atoms with E-state index in [-0.39, 0.29) is 16.1 Å². The average molecular weight is 589 g/mol. The lowest BCUT2D eigenvalue weighted by Gasteiger charge is -2.40. The van der Waals surface area contributed by atoms with Crippen LogP contribution in [0.5, 0.6) is 5.75 Å². The van der Waals surface area contributed by atoms with Gasteiger partial charge in [-0.2, -0.15) is 13.2 Å². The van der Waals surface area contributed by atoms with E-state index in [0.717, 1.165) is 39.0 Å². The number of halogens is 3. The first kappa shape index (κ1) is 30.9. The van der Waals surface area contributed by atoms with Crippen molar-refractivity contribution in [3.8, 4) is 5.75 Å². The Morgan fingerprint density at radius 3 is 2.10 bits per heavy atom. The second-order valence-corrected chi connectivity index (χ2v) is 11.0. The first-order chi connectivity index (χ1) is 18.8. The van der Waals surface area contributed by atoms with Crippen molar-refractivity contribution in [2.75, 3.05) is 42.9 Å². The Balaban J connectivity index is 0.000000559. The third kappa shape index (κ3) is 8.21. The summed E-state index contributed by atoms with van der Waals surface area (Å²) in [6, 6.07) is 7.81. The molecule has 2 saturated heterocycles. The third-order valence-electron chi connectivity index (χ3n) is 6.63. The standard InChI is InChI=1S/C23H30N4O5S.C2HF3O2/c1-32-19-5-7-20(8-6-19)33(30,31)25-17-15-21(23(28)29)22(24-16-17)27-13-9-18(10-14-27)26-11-3-2-4-12-26;3-2(4,5)1(6)7/h5-8,15-16,18,25H,2-4,9-14H2,1H3,(H,28,29);(H,6,7). The van der Waals surface area contributed by atoms with Crippen LogP contribution >= 0.6 is 0 Å². The van der Waals surface area contributed by atoms with Gasteiger partial charge in [-0.15, -0.1) is 0 Å². The number of anilines is 2. The van der Waals surface area contributed by atoms with Gasteiger partial charge in [0, 0.05) is 19.1 Å². The summed E-state index contributed by atoms with van der Waals surface area (Å²) >= 11 is 0. The number of piperidine rings is 2. The third-order valence-corrected chi connectivity index (χ3v) is 8.03. The number of nitrogens with zero attached hydrogens (tertiary/aromatic N) is 3. The Morgan fingerprint density at radius 2 is 1.60 bits per heavy atom. The van der Waals surface area contributed by atoms with Gasteiger partial charge in [0.25, 0.3) is 10.0 Å². The van der Waals surface area contributed by atoms with Gasteiger partial charge in [0.1, 0.15) is 17.1 Å². The topological polar surface area (TPSA) is 149 Å². The molecule has 1 aromatic carbocycles. The molecule has 0 aliphatic carbocycles. The quantitative estimate of drug-likeness (QED) is 0.437. The molecule has 40 heavy (non-hydrogen) atoms. The van der Waals surface area contributed by atoms with Crippen molar-refractivity contribution in [2.45, 2.75) is 49.2 Å². The number of sulfonamides is 1. The average Bonchev–Trinajstić information content (AvgIpc) is 2.93. The minimum atomic E-state index is -5.08. The molecule has 2 aliphatic rings. The highest BCUT2D eigenvalue weighted by molar-refractivity contribution is 7.92. The van der Waals surface area contributed by atoms with Crippen LogP contribution < -0.4 is 14.4 Å². The second kappa shape index (κ2) is 13.2. The van der Waals surface area contributed by atoms with E-state index in [1.54, 1.807) is 12.1 Å². The molecule has 220 valence electrons. The van der Waals surface area contributed by atoms with Crippen molar-refractivity contribution in [3.63, 3.8) is 0 Å². The number of aromatic carboxylic acids is 1. The number of carbonyl (C=O) groups is 2. The highest BCUT2D eigenvalue weighted by atomic mass is 32.2. The number of benzene rings is 1. The van der Waals surface area contributed by atoms with Crippen molar-refractivity contribution in [2.24, 2.45) is 0 Å². The summed E-state index contributed by atoms with van der Waals surface area (Å²) in [5.74, 6) is -2.97. The van der Waals surface area contributed by atoms with E-state index in [1.807, 2.05) is 4.90 Å². The van der Waals surface area contributed by atoms with Crippen LogP contribution in [0.15, 0.2) is 41.4 Å². The number of carboxylic acid groups (broad SMARTS) is 2. The van der Waals surface area contributed by atoms with Gasteiger partial charge in [0.05, 0.1) is 23.9 Å². The summed E-state index contributed by atoms with van der Waals surface area (Å²) in [5.41, 5.74) is 0.0940. The van der Waals surface area contributed by atoms with E-state index in [1.165, 1.54) is 50.8 Å². The Hall–Kier alpha value is -3.59. The number of ether oxygens (including phenoxy) is 1. The lowest BCUT2D eigenvalue weighted by atomic mass is 9.99. The number of rotatable bonds is 7. The zero-order valence-corrected chi connectivity index (χ0v) is 22.5. The maximum atomic E-state index is 12.7. The highest BCUT2D eigenvalue weighted by Gasteiger charge is 2.38. The number of carboxylic acids is 2. The molecule has 0 radical (unpaired) electrons. The molecule has 11 nitrogen and oxygen atoms in total. The maximum absolute atomic E-state index is 12.7. The number of aromatic nitrogens is 1. The maximum Gasteiger partial charge on any atom is 0.490 e. The molecule has 0 saturated carbocycles. The monoisotopic (exact) mass is 588 g/mol. The number of aliphatic carboxylic acids is 1. The predicted octanol–water partition coefficient (Wildman–Crippen LogP) is 3.68. The number of hydrogen-bond donors (Lipinski definition) is 3. The molecule has 2 aromatic rings. The molecule has 0 bridgehead atoms. The van der Waals surface area contributed by atoms with Crippen LogP contribution in [0.2, 0.25) is 0 Å². The molecule has 0 atom stereocenters. The predicted molar refractivity (Wildman–Crippen MR) is 139 cm³/mol. The molecule has 0 amide bonds. The van der Waals surface area contributed by atoms with Gasteiger partial charge in [0.15, 0.2) is 0 Å². The number of likely N-dealkylation sites (tertiary alicyclic amines) is 1. The minimum absolute atomic E-state index is 0.0126. The molecular weight excluding hydrogens is 557 g/mol. The van der Waals surface area contributed by atoms with Gasteiger partial charge in [-0.25, -0.2) is 23.0 Å². The molecule has 4 rings (SSSR count). The van der Waals surface area contributed by atoms with Gasteiger partial charge >= 0.3 is 18.1 Å². The van der Waals surface area contributed by atoms with E-state index in [0.29, 0.717) is 17.6 Å². The molecule has 0 unspecified atom stereocenters. The molecule has 2 fully saturated rings. The molecular formula is C25H31F3N4O7S. The first-order valence-corrected chi connectivity index (χ1v) is 14.0. The molecule has 3 N–H and O–H groups in total. The summed E-state index contributed by atoms with van der Waals surface area (Å²) in [4.78, 5) is 29.8. The summed E-state index contributed by atoms with van der Waals surface area (Å²) in [7, 11) is -2.40. The van der Waals surface area contributed by atoms with Crippen molar-refractivity contribution in [1.82, 2.24) is 9.88 Å².